The first-order valence-electron chi connectivity index (χ1n) is 10.1. The second-order valence-electron chi connectivity index (χ2n) is 7.14. The standard InChI is InChI=1S/C21H20N10O4/c1-12(9-13-5-4-8-34-13)10-25-27-21(33)17-16(31(30-26-17)20-18(22)28-35-29-20)11-24-15-7-3-2-6-14(15)19(23)32/h2-10,24H,11H2,1H3,(H2,22,28)(H2,23,32)(H,27,33). The minimum Gasteiger partial charge on any atom is -0.465 e. The molecule has 1 aromatic carbocycles. The van der Waals surface area contributed by atoms with E-state index in [-0.39, 0.29) is 35.1 Å². The lowest BCUT2D eigenvalue weighted by molar-refractivity contribution is 0.0947. The number of hydrogen-bond acceptors (Lipinski definition) is 11. The minimum absolute atomic E-state index is 0.00646. The van der Waals surface area contributed by atoms with Crippen LogP contribution in [0.4, 0.5) is 11.5 Å². The lowest BCUT2D eigenvalue weighted by Crippen LogP contribution is -2.22. The zero-order valence-electron chi connectivity index (χ0n) is 18.4. The van der Waals surface area contributed by atoms with Gasteiger partial charge in [0, 0.05) is 5.69 Å². The third-order valence-electron chi connectivity index (χ3n) is 4.66. The number of carbonyl (C=O) groups excluding carboxylic acids is 2. The lowest BCUT2D eigenvalue weighted by Gasteiger charge is -2.11. The highest BCUT2D eigenvalue weighted by Crippen LogP contribution is 2.19. The molecule has 2 amide bonds. The lowest BCUT2D eigenvalue weighted by atomic mass is 10.1. The summed E-state index contributed by atoms with van der Waals surface area (Å²) in [6.45, 7) is 1.79. The predicted molar refractivity (Wildman–Crippen MR) is 124 cm³/mol. The Balaban J connectivity index is 1.58. The molecule has 0 aliphatic heterocycles. The Morgan fingerprint density at radius 3 is 2.74 bits per heavy atom. The summed E-state index contributed by atoms with van der Waals surface area (Å²) in [4.78, 5) is 24.6. The van der Waals surface area contributed by atoms with E-state index in [1.807, 2.05) is 0 Å². The third kappa shape index (κ3) is 5.22. The van der Waals surface area contributed by atoms with E-state index in [1.54, 1.807) is 55.7 Å². The summed E-state index contributed by atoms with van der Waals surface area (Å²) >= 11 is 0. The quantitative estimate of drug-likeness (QED) is 0.201. The van der Waals surface area contributed by atoms with Crippen LogP contribution in [0.5, 0.6) is 0 Å². The maximum Gasteiger partial charge on any atom is 0.293 e. The average Bonchev–Trinajstić information content (AvgIpc) is 3.59. The molecular weight excluding hydrogens is 456 g/mol. The fourth-order valence-electron chi connectivity index (χ4n) is 3.06. The molecule has 0 fully saturated rings. The van der Waals surface area contributed by atoms with Crippen LogP contribution in [0.2, 0.25) is 0 Å². The number of allylic oxidation sites excluding steroid dienone is 1. The summed E-state index contributed by atoms with van der Waals surface area (Å²) in [5, 5.41) is 22.1. The molecule has 35 heavy (non-hydrogen) atoms. The molecule has 4 aromatic rings. The largest absolute Gasteiger partial charge is 0.465 e. The van der Waals surface area contributed by atoms with Crippen LogP contribution in [-0.4, -0.2) is 43.3 Å². The molecule has 0 atom stereocenters. The smallest absolute Gasteiger partial charge is 0.293 e. The molecule has 0 spiro atoms. The first kappa shape index (κ1) is 22.9. The molecule has 0 radical (unpaired) electrons. The molecular formula is C21H20N10O4. The minimum atomic E-state index is -0.645. The number of nitrogens with two attached hydrogens (primary N) is 2. The zero-order valence-corrected chi connectivity index (χ0v) is 18.4. The number of amides is 2. The first-order valence-corrected chi connectivity index (χ1v) is 10.1. The van der Waals surface area contributed by atoms with Crippen LogP contribution in [0.1, 0.15) is 39.2 Å². The van der Waals surface area contributed by atoms with Gasteiger partial charge in [0.15, 0.2) is 5.69 Å². The average molecular weight is 476 g/mol. The Bertz CT molecular complexity index is 1400. The van der Waals surface area contributed by atoms with Crippen LogP contribution in [-0.2, 0) is 6.54 Å². The number of benzene rings is 1. The highest BCUT2D eigenvalue weighted by molar-refractivity contribution is 5.98. The van der Waals surface area contributed by atoms with Crippen molar-refractivity contribution in [1.29, 1.82) is 0 Å². The number of aromatic nitrogens is 5. The zero-order chi connectivity index (χ0) is 24.8. The molecule has 6 N–H and O–H groups in total. The van der Waals surface area contributed by atoms with Gasteiger partial charge in [-0.2, -0.15) is 9.78 Å². The Morgan fingerprint density at radius 1 is 1.20 bits per heavy atom. The summed E-state index contributed by atoms with van der Waals surface area (Å²) in [5.41, 5.74) is 15.3. The highest BCUT2D eigenvalue weighted by atomic mass is 16.6. The first-order chi connectivity index (χ1) is 16.9. The van der Waals surface area contributed by atoms with E-state index in [2.05, 4.69) is 41.1 Å². The molecule has 0 bridgehead atoms. The second kappa shape index (κ2) is 10.1. The van der Waals surface area contributed by atoms with Crippen molar-refractivity contribution in [3.63, 3.8) is 0 Å². The van der Waals surface area contributed by atoms with Crippen LogP contribution in [0, 0.1) is 0 Å². The van der Waals surface area contributed by atoms with Gasteiger partial charge in [-0.15, -0.1) is 5.10 Å². The molecule has 14 heteroatoms. The van der Waals surface area contributed by atoms with Crippen LogP contribution < -0.4 is 22.2 Å². The number of hydrazone groups is 1. The second-order valence-corrected chi connectivity index (χ2v) is 7.14. The normalized spacial score (nSPS) is 11.6. The molecule has 3 heterocycles. The number of rotatable bonds is 9. The number of furan rings is 1. The Labute approximate surface area is 197 Å². The Hall–Kier alpha value is -5.27. The van der Waals surface area contributed by atoms with Crippen molar-refractivity contribution in [2.45, 2.75) is 13.5 Å². The van der Waals surface area contributed by atoms with Crippen molar-refractivity contribution >= 4 is 35.6 Å². The summed E-state index contributed by atoms with van der Waals surface area (Å²) in [6.07, 6.45) is 4.75. The van der Waals surface area contributed by atoms with Crippen molar-refractivity contribution in [2.24, 2.45) is 10.8 Å². The monoisotopic (exact) mass is 476 g/mol. The van der Waals surface area contributed by atoms with Gasteiger partial charge < -0.3 is 21.2 Å². The Kier molecular flexibility index (Phi) is 6.62. The van der Waals surface area contributed by atoms with Gasteiger partial charge in [-0.1, -0.05) is 17.3 Å². The van der Waals surface area contributed by atoms with Crippen molar-refractivity contribution in [2.75, 3.05) is 11.1 Å². The van der Waals surface area contributed by atoms with Crippen LogP contribution in [0.15, 0.2) is 62.4 Å². The SMILES string of the molecule is CC(C=NNC(=O)c1nnn(-c2nonc2N)c1CNc1ccccc1C(N)=O)=Cc1ccco1. The number of nitrogens with zero attached hydrogens (tertiary/aromatic N) is 6. The fourth-order valence-corrected chi connectivity index (χ4v) is 3.06. The number of primary amides is 1. The molecule has 0 saturated carbocycles. The molecule has 0 aliphatic rings. The summed E-state index contributed by atoms with van der Waals surface area (Å²) in [5.74, 6) is -0.635. The van der Waals surface area contributed by atoms with Gasteiger partial charge >= 0.3 is 0 Å². The number of anilines is 2. The van der Waals surface area contributed by atoms with E-state index >= 15 is 0 Å². The molecule has 0 saturated heterocycles. The maximum atomic E-state index is 12.8. The van der Waals surface area contributed by atoms with E-state index in [9.17, 15) is 9.59 Å². The van der Waals surface area contributed by atoms with Gasteiger partial charge in [0.05, 0.1) is 30.3 Å². The molecule has 4 rings (SSSR count). The van der Waals surface area contributed by atoms with Gasteiger partial charge in [0.1, 0.15) is 5.76 Å². The van der Waals surface area contributed by atoms with Crippen molar-refractivity contribution in [1.82, 2.24) is 30.7 Å². The van der Waals surface area contributed by atoms with Crippen LogP contribution in [0.25, 0.3) is 11.9 Å². The maximum absolute atomic E-state index is 12.8. The van der Waals surface area contributed by atoms with Crippen molar-refractivity contribution in [3.05, 3.63) is 70.9 Å². The number of para-hydroxylation sites is 1. The van der Waals surface area contributed by atoms with Crippen LogP contribution >= 0.6 is 0 Å². The number of nitrogen functional groups attached to an aromatic ring is 1. The molecule has 0 aliphatic carbocycles. The molecule has 3 aromatic heterocycles. The predicted octanol–water partition coefficient (Wildman–Crippen LogP) is 1.36. The molecule has 178 valence electrons. The van der Waals surface area contributed by atoms with Gasteiger partial charge in [-0.3, -0.25) is 9.59 Å². The van der Waals surface area contributed by atoms with Crippen LogP contribution in [0.3, 0.4) is 0 Å². The third-order valence-corrected chi connectivity index (χ3v) is 4.66. The number of carbonyl (C=O) groups is 2. The van der Waals surface area contributed by atoms with E-state index in [0.29, 0.717) is 11.4 Å². The summed E-state index contributed by atoms with van der Waals surface area (Å²) < 4.78 is 11.1. The van der Waals surface area contributed by atoms with Crippen molar-refractivity contribution in [3.8, 4) is 5.82 Å². The van der Waals surface area contributed by atoms with E-state index in [1.165, 1.54) is 10.9 Å². The Morgan fingerprint density at radius 2 is 2.03 bits per heavy atom. The van der Waals surface area contributed by atoms with E-state index in [4.69, 9.17) is 15.9 Å². The number of nitrogens with one attached hydrogen (secondary N) is 2. The van der Waals surface area contributed by atoms with Gasteiger partial charge in [-0.05, 0) is 53.2 Å². The van der Waals surface area contributed by atoms with Gasteiger partial charge in [0.25, 0.3) is 11.8 Å². The van der Waals surface area contributed by atoms with E-state index < -0.39 is 11.8 Å². The van der Waals surface area contributed by atoms with Crippen molar-refractivity contribution < 1.29 is 18.6 Å². The topological polar surface area (TPSA) is 205 Å². The summed E-state index contributed by atoms with van der Waals surface area (Å²) in [6, 6.07) is 10.2. The van der Waals surface area contributed by atoms with Gasteiger partial charge in [0.2, 0.25) is 11.6 Å². The van der Waals surface area contributed by atoms with E-state index in [0.717, 1.165) is 5.57 Å². The number of hydrogen-bond donors (Lipinski definition) is 4. The van der Waals surface area contributed by atoms with Gasteiger partial charge in [-0.25, -0.2) is 10.1 Å². The molecule has 14 nitrogen and oxygen atoms in total. The summed E-state index contributed by atoms with van der Waals surface area (Å²) in [7, 11) is 0. The molecule has 0 unspecified atom stereocenters. The highest BCUT2D eigenvalue weighted by Gasteiger charge is 2.24. The fraction of sp³-hybridized carbons (Fsp3) is 0.0952.